The monoisotopic (exact) mass is 336 g/mol. The Hall–Kier alpha value is -0.780. The number of nitrogens with one attached hydrogen (secondary N) is 1. The van der Waals surface area contributed by atoms with Crippen LogP contribution >= 0.6 is 15.9 Å². The van der Waals surface area contributed by atoms with Crippen LogP contribution in [0.4, 0.5) is 19.0 Å². The van der Waals surface area contributed by atoms with Gasteiger partial charge in [0.05, 0.1) is 5.56 Å². The maximum Gasteiger partial charge on any atom is 0.419 e. The number of pyridine rings is 1. The molecule has 1 heterocycles. The van der Waals surface area contributed by atoms with Gasteiger partial charge in [-0.15, -0.1) is 0 Å². The number of aromatic nitrogens is 1. The van der Waals surface area contributed by atoms with Gasteiger partial charge in [-0.3, -0.25) is 0 Å². The van der Waals surface area contributed by atoms with Crippen LogP contribution in [-0.2, 0) is 6.18 Å². The summed E-state index contributed by atoms with van der Waals surface area (Å²) >= 11 is 3.03. The fourth-order valence-electron chi connectivity index (χ4n) is 2.05. The molecule has 1 aromatic heterocycles. The zero-order valence-electron chi connectivity index (χ0n) is 10.6. The van der Waals surface area contributed by atoms with Gasteiger partial charge in [-0.05, 0) is 40.8 Å². The van der Waals surface area contributed by atoms with Crippen LogP contribution in [-0.4, -0.2) is 11.0 Å². The summed E-state index contributed by atoms with van der Waals surface area (Å²) in [7, 11) is 0. The van der Waals surface area contributed by atoms with E-state index in [2.05, 4.69) is 26.2 Å². The second-order valence-electron chi connectivity index (χ2n) is 4.98. The van der Waals surface area contributed by atoms with Gasteiger partial charge in [0.1, 0.15) is 5.82 Å². The molecule has 1 aliphatic rings. The zero-order chi connectivity index (χ0) is 14.0. The maximum atomic E-state index is 13.0. The third-order valence-corrected chi connectivity index (χ3v) is 3.74. The molecule has 6 heteroatoms. The first-order valence-electron chi connectivity index (χ1n) is 6.39. The molecule has 1 aliphatic carbocycles. The van der Waals surface area contributed by atoms with Crippen molar-refractivity contribution < 1.29 is 13.2 Å². The smallest absolute Gasteiger partial charge is 0.367 e. The summed E-state index contributed by atoms with van der Waals surface area (Å²) in [4.78, 5) is 3.88. The molecule has 1 unspecified atom stereocenters. The van der Waals surface area contributed by atoms with Gasteiger partial charge in [-0.2, -0.15) is 13.2 Å². The minimum Gasteiger partial charge on any atom is -0.367 e. The summed E-state index contributed by atoms with van der Waals surface area (Å²) in [6.07, 6.45) is 1.10. The number of halogens is 4. The summed E-state index contributed by atoms with van der Waals surface area (Å²) in [5.74, 6) is 0.602. The summed E-state index contributed by atoms with van der Waals surface area (Å²) < 4.78 is 39.2. The average molecular weight is 337 g/mol. The van der Waals surface area contributed by atoms with Crippen molar-refractivity contribution in [2.45, 2.75) is 44.8 Å². The highest BCUT2D eigenvalue weighted by Gasteiger charge is 2.35. The molecule has 19 heavy (non-hydrogen) atoms. The fraction of sp³-hybridized carbons (Fsp3) is 0.615. The van der Waals surface area contributed by atoms with Gasteiger partial charge in [-0.25, -0.2) is 4.98 Å². The molecule has 2 nitrogen and oxygen atoms in total. The molecule has 2 rings (SSSR count). The van der Waals surface area contributed by atoms with E-state index in [0.717, 1.165) is 18.9 Å². The highest BCUT2D eigenvalue weighted by atomic mass is 79.9. The molecule has 0 radical (unpaired) electrons. The first-order chi connectivity index (χ1) is 8.90. The lowest BCUT2D eigenvalue weighted by molar-refractivity contribution is -0.137. The van der Waals surface area contributed by atoms with Crippen molar-refractivity contribution in [3.05, 3.63) is 22.3 Å². The molecule has 1 fully saturated rings. The molecule has 0 bridgehead atoms. The molecular formula is C13H16BrF3N2. The Kier molecular flexibility index (Phi) is 4.38. The number of anilines is 1. The number of hydrogen-bond acceptors (Lipinski definition) is 2. The predicted octanol–water partition coefficient (Wildman–Crippen LogP) is 4.85. The average Bonchev–Trinajstić information content (AvgIpc) is 3.13. The van der Waals surface area contributed by atoms with Crippen LogP contribution in [0.5, 0.6) is 0 Å². The summed E-state index contributed by atoms with van der Waals surface area (Å²) in [5, 5.41) is 2.95. The Balaban J connectivity index is 2.17. The Morgan fingerprint density at radius 1 is 1.47 bits per heavy atom. The molecule has 1 atom stereocenters. The predicted molar refractivity (Wildman–Crippen MR) is 72.0 cm³/mol. The number of hydrogen-bond donors (Lipinski definition) is 1. The first-order valence-corrected chi connectivity index (χ1v) is 7.18. The topological polar surface area (TPSA) is 24.9 Å². The first kappa shape index (κ1) is 14.6. The van der Waals surface area contributed by atoms with Gasteiger partial charge < -0.3 is 5.32 Å². The van der Waals surface area contributed by atoms with Crippen molar-refractivity contribution in [3.8, 4) is 0 Å². The number of rotatable bonds is 5. The minimum atomic E-state index is -4.39. The number of alkyl halides is 3. The summed E-state index contributed by atoms with van der Waals surface area (Å²) in [5.41, 5.74) is -0.712. The lowest BCUT2D eigenvalue weighted by Gasteiger charge is -2.20. The molecule has 0 saturated heterocycles. The Morgan fingerprint density at radius 2 is 2.16 bits per heavy atom. The van der Waals surface area contributed by atoms with Crippen molar-refractivity contribution in [2.75, 3.05) is 5.32 Å². The maximum absolute atomic E-state index is 13.0. The Bertz CT molecular complexity index is 444. The van der Waals surface area contributed by atoms with E-state index < -0.39 is 11.7 Å². The standard InChI is InChI=1S/C13H16BrF3N2/c1-2-10(5-8-3-4-8)19-12-11(13(15,16)17)6-9(14)7-18-12/h6-8,10H,2-5H2,1H3,(H,18,19). The van der Waals surface area contributed by atoms with Crippen LogP contribution in [0.25, 0.3) is 0 Å². The van der Waals surface area contributed by atoms with E-state index in [0.29, 0.717) is 10.4 Å². The van der Waals surface area contributed by atoms with Gasteiger partial charge in [0.15, 0.2) is 0 Å². The van der Waals surface area contributed by atoms with Gasteiger partial charge in [-0.1, -0.05) is 19.8 Å². The molecule has 0 aromatic carbocycles. The molecule has 0 aliphatic heterocycles. The van der Waals surface area contributed by atoms with Crippen molar-refractivity contribution >= 4 is 21.7 Å². The molecule has 1 saturated carbocycles. The largest absolute Gasteiger partial charge is 0.419 e. The van der Waals surface area contributed by atoms with Gasteiger partial charge in [0.25, 0.3) is 0 Å². The molecule has 106 valence electrons. The Morgan fingerprint density at radius 3 is 2.68 bits per heavy atom. The fourth-order valence-corrected chi connectivity index (χ4v) is 2.38. The minimum absolute atomic E-state index is 0.0577. The zero-order valence-corrected chi connectivity index (χ0v) is 12.2. The highest BCUT2D eigenvalue weighted by Crippen LogP contribution is 2.38. The SMILES string of the molecule is CCC(CC1CC1)Nc1ncc(Br)cc1C(F)(F)F. The third-order valence-electron chi connectivity index (χ3n) is 3.31. The molecule has 1 aromatic rings. The van der Waals surface area contributed by atoms with Crippen molar-refractivity contribution in [3.63, 3.8) is 0 Å². The van der Waals surface area contributed by atoms with E-state index in [1.165, 1.54) is 19.0 Å². The second-order valence-corrected chi connectivity index (χ2v) is 5.89. The normalized spacial score (nSPS) is 17.3. The van der Waals surface area contributed by atoms with Crippen LogP contribution in [0.15, 0.2) is 16.7 Å². The van der Waals surface area contributed by atoms with Crippen LogP contribution < -0.4 is 5.32 Å². The van der Waals surface area contributed by atoms with Gasteiger partial charge in [0, 0.05) is 16.7 Å². The van der Waals surface area contributed by atoms with E-state index in [1.54, 1.807) is 0 Å². The van der Waals surface area contributed by atoms with E-state index in [9.17, 15) is 13.2 Å². The van der Waals surface area contributed by atoms with Crippen LogP contribution in [0.1, 0.15) is 38.2 Å². The van der Waals surface area contributed by atoms with Gasteiger partial charge in [0.2, 0.25) is 0 Å². The van der Waals surface area contributed by atoms with Gasteiger partial charge >= 0.3 is 6.18 Å². The highest BCUT2D eigenvalue weighted by molar-refractivity contribution is 9.10. The molecular weight excluding hydrogens is 321 g/mol. The van der Waals surface area contributed by atoms with Crippen LogP contribution in [0.2, 0.25) is 0 Å². The lowest BCUT2D eigenvalue weighted by atomic mass is 10.1. The summed E-state index contributed by atoms with van der Waals surface area (Å²) in [6.45, 7) is 1.98. The van der Waals surface area contributed by atoms with E-state index in [-0.39, 0.29) is 11.9 Å². The van der Waals surface area contributed by atoms with Crippen molar-refractivity contribution in [1.29, 1.82) is 0 Å². The lowest BCUT2D eigenvalue weighted by Crippen LogP contribution is -2.22. The third kappa shape index (κ3) is 4.09. The van der Waals surface area contributed by atoms with Crippen LogP contribution in [0.3, 0.4) is 0 Å². The van der Waals surface area contributed by atoms with E-state index >= 15 is 0 Å². The molecule has 0 amide bonds. The van der Waals surface area contributed by atoms with E-state index in [4.69, 9.17) is 0 Å². The van der Waals surface area contributed by atoms with Crippen LogP contribution in [0, 0.1) is 5.92 Å². The Labute approximate surface area is 118 Å². The van der Waals surface area contributed by atoms with Crippen molar-refractivity contribution in [2.24, 2.45) is 5.92 Å². The number of nitrogens with zero attached hydrogens (tertiary/aromatic N) is 1. The summed E-state index contributed by atoms with van der Waals surface area (Å²) in [6, 6.07) is 1.13. The molecule has 1 N–H and O–H groups in total. The molecule has 0 spiro atoms. The second kappa shape index (κ2) is 5.69. The van der Waals surface area contributed by atoms with E-state index in [1.807, 2.05) is 6.92 Å². The quantitative estimate of drug-likeness (QED) is 0.830. The van der Waals surface area contributed by atoms with Crippen molar-refractivity contribution in [1.82, 2.24) is 4.98 Å².